The highest BCUT2D eigenvalue weighted by Gasteiger charge is 2.23. The maximum Gasteiger partial charge on any atom is 0.329 e. The van der Waals surface area contributed by atoms with E-state index in [4.69, 9.17) is 11.6 Å². The van der Waals surface area contributed by atoms with Crippen molar-refractivity contribution in [2.45, 2.75) is 25.7 Å². The molecule has 138 valence electrons. The first-order valence-corrected chi connectivity index (χ1v) is 9.36. The van der Waals surface area contributed by atoms with Gasteiger partial charge in [0.15, 0.2) is 0 Å². The Labute approximate surface area is 164 Å². The number of hydrazone groups is 1. The van der Waals surface area contributed by atoms with E-state index in [0.29, 0.717) is 21.2 Å². The Hall–Kier alpha value is -2.89. The zero-order valence-electron chi connectivity index (χ0n) is 14.1. The second-order valence-corrected chi connectivity index (χ2v) is 7.42. The maximum absolute atomic E-state index is 12.1. The molecule has 0 aliphatic heterocycles. The number of aryl methyl sites for hydroxylation is 1. The van der Waals surface area contributed by atoms with Gasteiger partial charge in [-0.05, 0) is 49.4 Å². The van der Waals surface area contributed by atoms with Crippen LogP contribution in [0.15, 0.2) is 23.3 Å². The fourth-order valence-corrected chi connectivity index (χ4v) is 4.19. The molecule has 1 aliphatic carbocycles. The number of hydrogen-bond donors (Lipinski definition) is 3. The lowest BCUT2D eigenvalue weighted by atomic mass is 9.96. The molecular weight excluding hydrogens is 388 g/mol. The quantitative estimate of drug-likeness (QED) is 0.416. The Bertz CT molecular complexity index is 978. The van der Waals surface area contributed by atoms with E-state index in [2.05, 4.69) is 21.9 Å². The summed E-state index contributed by atoms with van der Waals surface area (Å²) < 4.78 is 0. The van der Waals surface area contributed by atoms with Crippen molar-refractivity contribution in [2.24, 2.45) is 5.10 Å². The lowest BCUT2D eigenvalue weighted by Gasteiger charge is -2.09. The number of carbonyl (C=O) groups is 2. The molecule has 1 heterocycles. The van der Waals surface area contributed by atoms with Crippen LogP contribution in [0, 0.1) is 11.3 Å². The van der Waals surface area contributed by atoms with Crippen LogP contribution in [0.2, 0.25) is 5.02 Å². The van der Waals surface area contributed by atoms with Gasteiger partial charge in [-0.2, -0.15) is 10.4 Å². The van der Waals surface area contributed by atoms with Gasteiger partial charge in [-0.3, -0.25) is 9.59 Å². The largest absolute Gasteiger partial charge is 0.507 e. The number of phenolic OH excluding ortho intramolecular Hbond substituents is 1. The maximum atomic E-state index is 12.1. The number of fused-ring (bicyclic) bond motifs is 1. The molecular formula is C18H15ClN4O3S. The average Bonchev–Trinajstić information content (AvgIpc) is 3.01. The zero-order valence-corrected chi connectivity index (χ0v) is 15.7. The summed E-state index contributed by atoms with van der Waals surface area (Å²) in [4.78, 5) is 25.1. The SMILES string of the molecule is N#Cc1c(NC(=O)C(=O)NN=Cc2cc(Cl)ccc2O)sc2c1CCCC2. The van der Waals surface area contributed by atoms with Crippen LogP contribution < -0.4 is 10.7 Å². The number of anilines is 1. The molecule has 0 radical (unpaired) electrons. The smallest absolute Gasteiger partial charge is 0.329 e. The Morgan fingerprint density at radius 1 is 1.30 bits per heavy atom. The van der Waals surface area contributed by atoms with Gasteiger partial charge in [0.05, 0.1) is 11.8 Å². The summed E-state index contributed by atoms with van der Waals surface area (Å²) in [6, 6.07) is 6.48. The van der Waals surface area contributed by atoms with Crippen LogP contribution in [0.4, 0.5) is 5.00 Å². The molecule has 27 heavy (non-hydrogen) atoms. The van der Waals surface area contributed by atoms with E-state index in [1.54, 1.807) is 0 Å². The number of carbonyl (C=O) groups excluding carboxylic acids is 2. The lowest BCUT2D eigenvalue weighted by molar-refractivity contribution is -0.136. The normalized spacial score (nSPS) is 13.0. The van der Waals surface area contributed by atoms with Crippen LogP contribution in [-0.4, -0.2) is 23.1 Å². The molecule has 0 atom stereocenters. The van der Waals surface area contributed by atoms with Crippen LogP contribution >= 0.6 is 22.9 Å². The predicted octanol–water partition coefficient (Wildman–Crippen LogP) is 2.95. The number of aromatic hydroxyl groups is 1. The van der Waals surface area contributed by atoms with Crippen molar-refractivity contribution in [1.82, 2.24) is 5.43 Å². The highest BCUT2D eigenvalue weighted by molar-refractivity contribution is 7.16. The molecule has 0 spiro atoms. The van der Waals surface area contributed by atoms with Crippen LogP contribution in [0.25, 0.3) is 0 Å². The van der Waals surface area contributed by atoms with Gasteiger partial charge < -0.3 is 10.4 Å². The summed E-state index contributed by atoms with van der Waals surface area (Å²) in [6.07, 6.45) is 4.93. The Morgan fingerprint density at radius 3 is 2.85 bits per heavy atom. The fourth-order valence-electron chi connectivity index (χ4n) is 2.77. The van der Waals surface area contributed by atoms with Crippen LogP contribution in [0.3, 0.4) is 0 Å². The van der Waals surface area contributed by atoms with E-state index in [9.17, 15) is 20.0 Å². The van der Waals surface area contributed by atoms with Gasteiger partial charge in [-0.25, -0.2) is 5.43 Å². The average molecular weight is 403 g/mol. The van der Waals surface area contributed by atoms with Crippen molar-refractivity contribution in [3.63, 3.8) is 0 Å². The molecule has 0 unspecified atom stereocenters. The number of hydrogen-bond acceptors (Lipinski definition) is 6. The van der Waals surface area contributed by atoms with Crippen molar-refractivity contribution >= 4 is 46.0 Å². The molecule has 1 aromatic heterocycles. The van der Waals surface area contributed by atoms with Gasteiger partial charge in [0.1, 0.15) is 16.8 Å². The molecule has 3 rings (SSSR count). The minimum absolute atomic E-state index is 0.0651. The number of benzene rings is 1. The Kier molecular flexibility index (Phi) is 5.74. The molecule has 2 amide bonds. The third kappa shape index (κ3) is 4.27. The van der Waals surface area contributed by atoms with Crippen molar-refractivity contribution in [1.29, 1.82) is 5.26 Å². The summed E-state index contributed by atoms with van der Waals surface area (Å²) in [6.45, 7) is 0. The van der Waals surface area contributed by atoms with Crippen LogP contribution in [0.1, 0.15) is 34.4 Å². The minimum atomic E-state index is -0.983. The summed E-state index contributed by atoms with van der Waals surface area (Å²) >= 11 is 7.16. The fraction of sp³-hybridized carbons (Fsp3) is 0.222. The van der Waals surface area contributed by atoms with E-state index in [1.165, 1.54) is 35.8 Å². The number of phenols is 1. The van der Waals surface area contributed by atoms with Gasteiger partial charge in [0.25, 0.3) is 0 Å². The summed E-state index contributed by atoms with van der Waals surface area (Å²) in [7, 11) is 0. The highest BCUT2D eigenvalue weighted by atomic mass is 35.5. The van der Waals surface area contributed by atoms with Crippen molar-refractivity contribution in [2.75, 3.05) is 5.32 Å². The van der Waals surface area contributed by atoms with Gasteiger partial charge >= 0.3 is 11.8 Å². The Morgan fingerprint density at radius 2 is 2.07 bits per heavy atom. The molecule has 1 aliphatic rings. The number of rotatable bonds is 3. The van der Waals surface area contributed by atoms with E-state index in [-0.39, 0.29) is 5.75 Å². The number of nitriles is 1. The van der Waals surface area contributed by atoms with E-state index < -0.39 is 11.8 Å². The Balaban J connectivity index is 1.66. The first-order chi connectivity index (χ1) is 13.0. The molecule has 9 heteroatoms. The number of amides is 2. The summed E-state index contributed by atoms with van der Waals surface area (Å²) in [5, 5.41) is 26.0. The first-order valence-electron chi connectivity index (χ1n) is 8.17. The molecule has 0 saturated carbocycles. The molecule has 0 saturated heterocycles. The minimum Gasteiger partial charge on any atom is -0.507 e. The van der Waals surface area contributed by atoms with E-state index in [1.807, 2.05) is 0 Å². The molecule has 7 nitrogen and oxygen atoms in total. The van der Waals surface area contributed by atoms with E-state index in [0.717, 1.165) is 36.1 Å². The topological polar surface area (TPSA) is 115 Å². The van der Waals surface area contributed by atoms with Crippen molar-refractivity contribution < 1.29 is 14.7 Å². The number of nitrogens with one attached hydrogen (secondary N) is 2. The first kappa shape index (κ1) is 18.9. The monoisotopic (exact) mass is 402 g/mol. The number of halogens is 1. The van der Waals surface area contributed by atoms with Crippen LogP contribution in [0.5, 0.6) is 5.75 Å². The third-order valence-electron chi connectivity index (χ3n) is 4.08. The van der Waals surface area contributed by atoms with Crippen molar-refractivity contribution in [3.05, 3.63) is 44.8 Å². The second kappa shape index (κ2) is 8.20. The lowest BCUT2D eigenvalue weighted by Crippen LogP contribution is -2.32. The molecule has 1 aromatic carbocycles. The third-order valence-corrected chi connectivity index (χ3v) is 5.52. The molecule has 3 N–H and O–H groups in total. The molecule has 2 aromatic rings. The number of nitrogens with zero attached hydrogens (tertiary/aromatic N) is 2. The van der Waals surface area contributed by atoms with Gasteiger partial charge in [-0.1, -0.05) is 11.6 Å². The van der Waals surface area contributed by atoms with Gasteiger partial charge in [0, 0.05) is 15.5 Å². The standard InChI is InChI=1S/C18H15ClN4O3S/c19-11-5-6-14(24)10(7-11)9-21-23-17(26)16(25)22-18-13(8-20)12-3-1-2-4-15(12)27-18/h5-7,9,24H,1-4H2,(H,22,25)(H,23,26). The van der Waals surface area contributed by atoms with Crippen molar-refractivity contribution in [3.8, 4) is 11.8 Å². The predicted molar refractivity (Wildman–Crippen MR) is 103 cm³/mol. The van der Waals surface area contributed by atoms with Gasteiger partial charge in [-0.15, -0.1) is 11.3 Å². The highest BCUT2D eigenvalue weighted by Crippen LogP contribution is 2.37. The second-order valence-electron chi connectivity index (χ2n) is 5.88. The number of thiophene rings is 1. The molecule has 0 fully saturated rings. The summed E-state index contributed by atoms with van der Waals surface area (Å²) in [5.74, 6) is -1.97. The van der Waals surface area contributed by atoms with E-state index >= 15 is 0 Å². The zero-order chi connectivity index (χ0) is 19.4. The molecule has 0 bridgehead atoms. The van der Waals surface area contributed by atoms with Gasteiger partial charge in [0.2, 0.25) is 0 Å². The van der Waals surface area contributed by atoms with Crippen LogP contribution in [-0.2, 0) is 22.4 Å². The summed E-state index contributed by atoms with van der Waals surface area (Å²) in [5.41, 5.74) is 3.78.